The second-order valence-electron chi connectivity index (χ2n) is 3.95. The van der Waals surface area contributed by atoms with E-state index in [2.05, 4.69) is 21.2 Å². The average molecular weight is 272 g/mol. The fourth-order valence-corrected chi connectivity index (χ4v) is 2.14. The summed E-state index contributed by atoms with van der Waals surface area (Å²) in [5, 5.41) is 2.90. The van der Waals surface area contributed by atoms with Crippen LogP contribution < -0.4 is 5.32 Å². The predicted molar refractivity (Wildman–Crippen MR) is 60.7 cm³/mol. The normalized spacial score (nSPS) is 16.1. The van der Waals surface area contributed by atoms with Gasteiger partial charge in [0.15, 0.2) is 4.67 Å². The van der Waals surface area contributed by atoms with Gasteiger partial charge in [0.2, 0.25) is 0 Å². The minimum absolute atomic E-state index is 0.0602. The molecule has 1 aliphatic carbocycles. The summed E-state index contributed by atoms with van der Waals surface area (Å²) in [6.45, 7) is 0.765. The highest BCUT2D eigenvalue weighted by atomic mass is 79.9. The first-order valence-corrected chi connectivity index (χ1v) is 6.08. The lowest BCUT2D eigenvalue weighted by Gasteiger charge is -2.25. The minimum atomic E-state index is -0.0602. The molecule has 1 fully saturated rings. The molecule has 0 bridgehead atoms. The maximum atomic E-state index is 11.6. The number of carbonyl (C=O) groups excluding carboxylic acids is 1. The Morgan fingerprint density at radius 2 is 2.40 bits per heavy atom. The Kier molecular flexibility index (Phi) is 3.46. The van der Waals surface area contributed by atoms with E-state index in [4.69, 9.17) is 4.42 Å². The first-order chi connectivity index (χ1) is 7.27. The van der Waals surface area contributed by atoms with Gasteiger partial charge in [-0.2, -0.15) is 0 Å². The maximum absolute atomic E-state index is 11.6. The Labute approximate surface area is 97.4 Å². The molecule has 0 atom stereocenters. The average Bonchev–Trinajstić information content (AvgIpc) is 2.55. The van der Waals surface area contributed by atoms with E-state index in [9.17, 15) is 4.79 Å². The zero-order valence-corrected chi connectivity index (χ0v) is 10.0. The zero-order chi connectivity index (χ0) is 10.7. The minimum Gasteiger partial charge on any atom is -0.457 e. The lowest BCUT2D eigenvalue weighted by molar-refractivity contribution is 0.0947. The Bertz CT molecular complexity index is 344. The van der Waals surface area contributed by atoms with Crippen molar-refractivity contribution >= 4 is 21.8 Å². The summed E-state index contributed by atoms with van der Waals surface area (Å²) in [6, 6.07) is 1.67. The van der Waals surface area contributed by atoms with Crippen molar-refractivity contribution in [3.63, 3.8) is 0 Å². The second kappa shape index (κ2) is 4.84. The van der Waals surface area contributed by atoms with Crippen molar-refractivity contribution in [2.45, 2.75) is 25.7 Å². The molecule has 2 rings (SSSR count). The monoisotopic (exact) mass is 271 g/mol. The van der Waals surface area contributed by atoms with Crippen molar-refractivity contribution in [2.24, 2.45) is 5.92 Å². The molecule has 1 aromatic heterocycles. The number of furan rings is 1. The second-order valence-corrected chi connectivity index (χ2v) is 4.67. The molecule has 0 unspecified atom stereocenters. The summed E-state index contributed by atoms with van der Waals surface area (Å²) in [7, 11) is 0. The highest BCUT2D eigenvalue weighted by molar-refractivity contribution is 9.10. The van der Waals surface area contributed by atoms with Gasteiger partial charge in [-0.1, -0.05) is 19.3 Å². The fraction of sp³-hybridized carbons (Fsp3) is 0.545. The Morgan fingerprint density at radius 3 is 2.93 bits per heavy atom. The summed E-state index contributed by atoms with van der Waals surface area (Å²) < 4.78 is 5.50. The van der Waals surface area contributed by atoms with Gasteiger partial charge in [-0.25, -0.2) is 0 Å². The van der Waals surface area contributed by atoms with Gasteiger partial charge in [0.25, 0.3) is 5.91 Å². The molecule has 0 aliphatic heterocycles. The fourth-order valence-electron chi connectivity index (χ4n) is 1.72. The molecule has 15 heavy (non-hydrogen) atoms. The van der Waals surface area contributed by atoms with Gasteiger partial charge in [0.1, 0.15) is 0 Å². The summed E-state index contributed by atoms with van der Waals surface area (Å²) in [6.07, 6.45) is 6.61. The SMILES string of the molecule is O=C(NCCC1CCC1)c1ccoc1Br. The Morgan fingerprint density at radius 1 is 1.60 bits per heavy atom. The molecule has 4 heteroatoms. The van der Waals surface area contributed by atoms with E-state index < -0.39 is 0 Å². The Hall–Kier alpha value is -0.770. The van der Waals surface area contributed by atoms with E-state index >= 15 is 0 Å². The summed E-state index contributed by atoms with van der Waals surface area (Å²) >= 11 is 3.19. The summed E-state index contributed by atoms with van der Waals surface area (Å²) in [5.41, 5.74) is 0.573. The molecular formula is C11H14BrNO2. The van der Waals surface area contributed by atoms with E-state index in [1.807, 2.05) is 0 Å². The summed E-state index contributed by atoms with van der Waals surface area (Å²) in [5.74, 6) is 0.771. The van der Waals surface area contributed by atoms with Gasteiger partial charge in [0, 0.05) is 6.54 Å². The first-order valence-electron chi connectivity index (χ1n) is 5.28. The molecule has 1 aromatic rings. The standard InChI is InChI=1S/C11H14BrNO2/c12-10-9(5-7-15-10)11(14)13-6-4-8-2-1-3-8/h5,7-8H,1-4,6H2,(H,13,14). The highest BCUT2D eigenvalue weighted by Crippen LogP contribution is 2.28. The van der Waals surface area contributed by atoms with E-state index in [0.717, 1.165) is 18.9 Å². The lowest BCUT2D eigenvalue weighted by atomic mass is 9.83. The largest absolute Gasteiger partial charge is 0.457 e. The van der Waals surface area contributed by atoms with Gasteiger partial charge in [-0.05, 0) is 34.3 Å². The topological polar surface area (TPSA) is 42.2 Å². The van der Waals surface area contributed by atoms with Crippen LogP contribution in [-0.2, 0) is 0 Å². The van der Waals surface area contributed by atoms with Crippen molar-refractivity contribution < 1.29 is 9.21 Å². The smallest absolute Gasteiger partial charge is 0.255 e. The summed E-state index contributed by atoms with van der Waals surface area (Å²) in [4.78, 5) is 11.6. The first kappa shape index (κ1) is 10.7. The maximum Gasteiger partial charge on any atom is 0.255 e. The molecule has 0 spiro atoms. The number of carbonyl (C=O) groups is 1. The molecule has 1 N–H and O–H groups in total. The van der Waals surface area contributed by atoms with Crippen molar-refractivity contribution in [3.05, 3.63) is 22.6 Å². The molecule has 3 nitrogen and oxygen atoms in total. The molecule has 1 aliphatic rings. The van der Waals surface area contributed by atoms with Crippen LogP contribution in [-0.4, -0.2) is 12.5 Å². The van der Waals surface area contributed by atoms with Crippen molar-refractivity contribution in [1.29, 1.82) is 0 Å². The van der Waals surface area contributed by atoms with Gasteiger partial charge < -0.3 is 9.73 Å². The van der Waals surface area contributed by atoms with Crippen LogP contribution in [0.25, 0.3) is 0 Å². The molecular weight excluding hydrogens is 258 g/mol. The van der Waals surface area contributed by atoms with Gasteiger partial charge in [0.05, 0.1) is 11.8 Å². The van der Waals surface area contributed by atoms with Gasteiger partial charge in [-0.15, -0.1) is 0 Å². The molecule has 0 saturated heterocycles. The number of nitrogens with one attached hydrogen (secondary N) is 1. The van der Waals surface area contributed by atoms with E-state index in [1.54, 1.807) is 6.07 Å². The highest BCUT2D eigenvalue weighted by Gasteiger charge is 2.17. The van der Waals surface area contributed by atoms with Crippen LogP contribution >= 0.6 is 15.9 Å². The number of amides is 1. The zero-order valence-electron chi connectivity index (χ0n) is 8.46. The van der Waals surface area contributed by atoms with Crippen molar-refractivity contribution in [1.82, 2.24) is 5.32 Å². The van der Waals surface area contributed by atoms with Crippen LogP contribution in [0.1, 0.15) is 36.0 Å². The van der Waals surface area contributed by atoms with Gasteiger partial charge >= 0.3 is 0 Å². The number of rotatable bonds is 4. The van der Waals surface area contributed by atoms with Crippen LogP contribution in [0.5, 0.6) is 0 Å². The van der Waals surface area contributed by atoms with Crippen LogP contribution in [0.2, 0.25) is 0 Å². The van der Waals surface area contributed by atoms with Crippen molar-refractivity contribution in [3.8, 4) is 0 Å². The molecule has 1 saturated carbocycles. The van der Waals surface area contributed by atoms with E-state index in [0.29, 0.717) is 10.2 Å². The van der Waals surface area contributed by atoms with Crippen LogP contribution in [0.15, 0.2) is 21.4 Å². The quantitative estimate of drug-likeness (QED) is 0.915. The predicted octanol–water partition coefficient (Wildman–Crippen LogP) is 2.96. The Balaban J connectivity index is 1.74. The molecule has 82 valence electrons. The number of hydrogen-bond donors (Lipinski definition) is 1. The number of halogens is 1. The van der Waals surface area contributed by atoms with Crippen LogP contribution in [0, 0.1) is 5.92 Å². The van der Waals surface area contributed by atoms with Crippen LogP contribution in [0.3, 0.4) is 0 Å². The number of hydrogen-bond acceptors (Lipinski definition) is 2. The molecule has 1 heterocycles. The lowest BCUT2D eigenvalue weighted by Crippen LogP contribution is -2.27. The molecule has 0 radical (unpaired) electrons. The third-order valence-electron chi connectivity index (χ3n) is 2.93. The third-order valence-corrected chi connectivity index (χ3v) is 3.54. The van der Waals surface area contributed by atoms with Crippen LogP contribution in [0.4, 0.5) is 0 Å². The van der Waals surface area contributed by atoms with E-state index in [-0.39, 0.29) is 5.91 Å². The molecule has 0 aromatic carbocycles. The van der Waals surface area contributed by atoms with E-state index in [1.165, 1.54) is 25.5 Å². The molecule has 1 amide bonds. The van der Waals surface area contributed by atoms with Crippen molar-refractivity contribution in [2.75, 3.05) is 6.54 Å². The third kappa shape index (κ3) is 2.62. The van der Waals surface area contributed by atoms with Gasteiger partial charge in [-0.3, -0.25) is 4.79 Å².